The average molecular weight is 488 g/mol. The van der Waals surface area contributed by atoms with E-state index in [1.165, 1.54) is 4.31 Å². The minimum Gasteiger partial charge on any atom is -0.340 e. The van der Waals surface area contributed by atoms with Crippen molar-refractivity contribution in [2.75, 3.05) is 37.6 Å². The number of benzene rings is 1. The van der Waals surface area contributed by atoms with Gasteiger partial charge >= 0.3 is 0 Å². The molecular weight excluding hydrogens is 454 g/mol. The molecule has 1 unspecified atom stereocenters. The lowest BCUT2D eigenvalue weighted by molar-refractivity contribution is -0.136. The number of anilines is 1. The molecule has 2 fully saturated rings. The second kappa shape index (κ2) is 9.14. The van der Waals surface area contributed by atoms with Gasteiger partial charge in [0.05, 0.1) is 17.3 Å². The third-order valence-electron chi connectivity index (χ3n) is 6.72. The summed E-state index contributed by atoms with van der Waals surface area (Å²) in [6.45, 7) is 10.8. The quantitative estimate of drug-likeness (QED) is 0.645. The summed E-state index contributed by atoms with van der Waals surface area (Å²) >= 11 is 0. The Kier molecular flexibility index (Phi) is 6.56. The number of aromatic nitrogens is 2. The number of aryl methyl sites for hydroxylation is 2. The zero-order valence-electron chi connectivity index (χ0n) is 20.5. The molecule has 4 rings (SSSR count). The number of amides is 2. The number of nitrogens with zero attached hydrogens (tertiary/aromatic N) is 5. The van der Waals surface area contributed by atoms with E-state index < -0.39 is 15.9 Å². The maximum Gasteiger partial charge on any atom is 0.246 e. The Morgan fingerprint density at radius 3 is 2.21 bits per heavy atom. The van der Waals surface area contributed by atoms with Crippen LogP contribution in [0.25, 0.3) is 0 Å². The van der Waals surface area contributed by atoms with Crippen molar-refractivity contribution < 1.29 is 18.0 Å². The van der Waals surface area contributed by atoms with Crippen LogP contribution in [0.3, 0.4) is 0 Å². The average Bonchev–Trinajstić information content (AvgIpc) is 3.33. The monoisotopic (exact) mass is 487 g/mol. The highest BCUT2D eigenvalue weighted by Crippen LogP contribution is 2.29. The first-order valence-corrected chi connectivity index (χ1v) is 13.2. The summed E-state index contributed by atoms with van der Waals surface area (Å²) in [6, 6.07) is 7.76. The zero-order valence-corrected chi connectivity index (χ0v) is 21.3. The van der Waals surface area contributed by atoms with Crippen LogP contribution in [0.15, 0.2) is 29.2 Å². The van der Waals surface area contributed by atoms with E-state index in [1.54, 1.807) is 28.3 Å². The fourth-order valence-corrected chi connectivity index (χ4v) is 6.69. The van der Waals surface area contributed by atoms with Crippen molar-refractivity contribution in [3.8, 4) is 0 Å². The van der Waals surface area contributed by atoms with E-state index in [0.717, 1.165) is 11.3 Å². The van der Waals surface area contributed by atoms with Crippen molar-refractivity contribution in [2.45, 2.75) is 52.0 Å². The molecule has 0 spiro atoms. The Balaban J connectivity index is 1.41. The molecule has 10 heteroatoms. The fourth-order valence-electron chi connectivity index (χ4n) is 4.91. The highest BCUT2D eigenvalue weighted by atomic mass is 32.2. The number of piperazine rings is 1. The van der Waals surface area contributed by atoms with Crippen LogP contribution in [0, 0.1) is 26.7 Å². The van der Waals surface area contributed by atoms with E-state index in [0.29, 0.717) is 31.0 Å². The van der Waals surface area contributed by atoms with Crippen LogP contribution in [0.4, 0.5) is 5.69 Å². The van der Waals surface area contributed by atoms with Gasteiger partial charge in [0.25, 0.3) is 0 Å². The Hall–Kier alpha value is -2.72. The molecule has 0 radical (unpaired) electrons. The van der Waals surface area contributed by atoms with Gasteiger partial charge < -0.3 is 9.80 Å². The van der Waals surface area contributed by atoms with E-state index >= 15 is 0 Å². The molecule has 0 aliphatic carbocycles. The number of rotatable bonds is 5. The number of hydrogen-bond acceptors (Lipinski definition) is 5. The molecule has 0 saturated carbocycles. The third kappa shape index (κ3) is 4.36. The molecule has 1 aromatic carbocycles. The molecular formula is C24H33N5O4S. The summed E-state index contributed by atoms with van der Waals surface area (Å²) in [5.41, 5.74) is 3.03. The molecule has 0 N–H and O–H groups in total. The summed E-state index contributed by atoms with van der Waals surface area (Å²) in [4.78, 5) is 29.3. The van der Waals surface area contributed by atoms with Crippen LogP contribution < -0.4 is 4.90 Å². The zero-order chi connectivity index (χ0) is 24.8. The Morgan fingerprint density at radius 1 is 1.03 bits per heavy atom. The summed E-state index contributed by atoms with van der Waals surface area (Å²) < 4.78 is 29.9. The predicted molar refractivity (Wildman–Crippen MR) is 129 cm³/mol. The van der Waals surface area contributed by atoms with Crippen LogP contribution in [0.1, 0.15) is 43.3 Å². The molecule has 184 valence electrons. The first kappa shape index (κ1) is 24.4. The van der Waals surface area contributed by atoms with E-state index in [-0.39, 0.29) is 42.3 Å². The summed E-state index contributed by atoms with van der Waals surface area (Å²) in [7, 11) is -3.71. The van der Waals surface area contributed by atoms with Crippen molar-refractivity contribution >= 4 is 27.5 Å². The molecule has 0 bridgehead atoms. The molecule has 1 atom stereocenters. The van der Waals surface area contributed by atoms with Crippen molar-refractivity contribution in [3.63, 3.8) is 0 Å². The number of sulfonamides is 1. The van der Waals surface area contributed by atoms with Gasteiger partial charge in [0, 0.05) is 50.9 Å². The third-order valence-corrected chi connectivity index (χ3v) is 8.87. The van der Waals surface area contributed by atoms with Gasteiger partial charge in [0.2, 0.25) is 21.8 Å². The van der Waals surface area contributed by atoms with Crippen molar-refractivity contribution in [3.05, 3.63) is 41.2 Å². The maximum absolute atomic E-state index is 13.4. The topological polar surface area (TPSA) is 95.8 Å². The molecule has 2 aliphatic rings. The van der Waals surface area contributed by atoms with Crippen LogP contribution in [-0.2, 0) is 19.6 Å². The van der Waals surface area contributed by atoms with Crippen molar-refractivity contribution in [1.29, 1.82) is 0 Å². The Bertz CT molecular complexity index is 1190. The first-order chi connectivity index (χ1) is 16.0. The Labute approximate surface area is 201 Å². The molecule has 2 aromatic rings. The summed E-state index contributed by atoms with van der Waals surface area (Å²) in [6.07, 6.45) is 0.179. The van der Waals surface area contributed by atoms with Crippen LogP contribution in [0.2, 0.25) is 0 Å². The minimum atomic E-state index is -3.71. The van der Waals surface area contributed by atoms with Gasteiger partial charge in [-0.3, -0.25) is 14.3 Å². The lowest BCUT2D eigenvalue weighted by Crippen LogP contribution is -2.52. The van der Waals surface area contributed by atoms with Crippen LogP contribution >= 0.6 is 0 Å². The fraction of sp³-hybridized carbons (Fsp3) is 0.542. The second-order valence-corrected chi connectivity index (χ2v) is 11.4. The Morgan fingerprint density at radius 2 is 1.65 bits per heavy atom. The second-order valence-electron chi connectivity index (χ2n) is 9.51. The highest BCUT2D eigenvalue weighted by Gasteiger charge is 2.40. The van der Waals surface area contributed by atoms with E-state index in [1.807, 2.05) is 45.0 Å². The van der Waals surface area contributed by atoms with Gasteiger partial charge in [0.1, 0.15) is 4.90 Å². The molecule has 2 amide bonds. The van der Waals surface area contributed by atoms with Gasteiger partial charge in [-0.05, 0) is 46.8 Å². The molecule has 1 aromatic heterocycles. The number of hydrogen-bond donors (Lipinski definition) is 0. The molecule has 9 nitrogen and oxygen atoms in total. The maximum atomic E-state index is 13.4. The predicted octanol–water partition coefficient (Wildman–Crippen LogP) is 2.28. The van der Waals surface area contributed by atoms with Crippen molar-refractivity contribution in [2.24, 2.45) is 5.92 Å². The minimum absolute atomic E-state index is 0.0588. The SMILES string of the molecule is Cc1ccc(N2CC(C(=O)N3CCN(S(=O)(=O)c4c(C)nn(C(C)C)c4C)CC3)CC2=O)cc1. The van der Waals surface area contributed by atoms with E-state index in [2.05, 4.69) is 5.10 Å². The summed E-state index contributed by atoms with van der Waals surface area (Å²) in [5.74, 6) is -0.553. The highest BCUT2D eigenvalue weighted by molar-refractivity contribution is 7.89. The van der Waals surface area contributed by atoms with E-state index in [4.69, 9.17) is 0 Å². The number of carbonyl (C=O) groups is 2. The largest absolute Gasteiger partial charge is 0.340 e. The van der Waals surface area contributed by atoms with Gasteiger partial charge in [-0.2, -0.15) is 9.40 Å². The first-order valence-electron chi connectivity index (χ1n) is 11.7. The van der Waals surface area contributed by atoms with Gasteiger partial charge in [-0.25, -0.2) is 8.42 Å². The van der Waals surface area contributed by atoms with Gasteiger partial charge in [0.15, 0.2) is 0 Å². The lowest BCUT2D eigenvalue weighted by Gasteiger charge is -2.35. The number of carbonyl (C=O) groups excluding carboxylic acids is 2. The molecule has 34 heavy (non-hydrogen) atoms. The molecule has 2 aliphatic heterocycles. The lowest BCUT2D eigenvalue weighted by atomic mass is 10.1. The van der Waals surface area contributed by atoms with Crippen molar-refractivity contribution in [1.82, 2.24) is 19.0 Å². The van der Waals surface area contributed by atoms with Crippen LogP contribution in [-0.4, -0.2) is 71.9 Å². The summed E-state index contributed by atoms with van der Waals surface area (Å²) in [5, 5.41) is 4.42. The van der Waals surface area contributed by atoms with Gasteiger partial charge in [-0.15, -0.1) is 0 Å². The molecule has 2 saturated heterocycles. The van der Waals surface area contributed by atoms with Gasteiger partial charge in [-0.1, -0.05) is 17.7 Å². The standard InChI is InChI=1S/C24H33N5O4S/c1-16(2)29-19(5)23(18(4)25-29)34(32,33)27-12-10-26(11-13-27)24(31)20-14-22(30)28(15-20)21-8-6-17(3)7-9-21/h6-9,16,20H,10-15H2,1-5H3. The molecule has 3 heterocycles. The van der Waals surface area contributed by atoms with E-state index in [9.17, 15) is 18.0 Å². The van der Waals surface area contributed by atoms with Crippen LogP contribution in [0.5, 0.6) is 0 Å². The smallest absolute Gasteiger partial charge is 0.246 e. The normalized spacial score (nSPS) is 19.9.